The van der Waals surface area contributed by atoms with Crippen molar-refractivity contribution < 1.29 is 9.90 Å². The highest BCUT2D eigenvalue weighted by atomic mass is 32.1. The molecule has 1 N–H and O–H groups in total. The van der Waals surface area contributed by atoms with E-state index in [9.17, 15) is 9.90 Å². The zero-order valence-electron chi connectivity index (χ0n) is 8.92. The minimum absolute atomic E-state index is 0.0288. The Morgan fingerprint density at radius 1 is 1.12 bits per heavy atom. The summed E-state index contributed by atoms with van der Waals surface area (Å²) in [6, 6.07) is 11.6. The smallest absolute Gasteiger partial charge is 0.176 e. The third-order valence-electron chi connectivity index (χ3n) is 3.07. The van der Waals surface area contributed by atoms with E-state index in [0.29, 0.717) is 5.56 Å². The third-order valence-corrected chi connectivity index (χ3v) is 3.58. The van der Waals surface area contributed by atoms with Gasteiger partial charge in [-0.3, -0.25) is 4.79 Å². The fraction of sp³-hybridized carbons (Fsp3) is 0.0714. The first-order chi connectivity index (χ1) is 8.18. The quantitative estimate of drug-likeness (QED) is 0.695. The van der Waals surface area contributed by atoms with Crippen LogP contribution in [-0.2, 0) is 4.79 Å². The van der Waals surface area contributed by atoms with Gasteiger partial charge in [-0.25, -0.2) is 0 Å². The second-order valence-corrected chi connectivity index (χ2v) is 4.60. The Bertz CT molecular complexity index is 658. The van der Waals surface area contributed by atoms with Crippen LogP contribution in [0.15, 0.2) is 42.5 Å². The molecule has 84 valence electrons. The van der Waals surface area contributed by atoms with Crippen molar-refractivity contribution in [2.45, 2.75) is 5.25 Å². The van der Waals surface area contributed by atoms with Crippen molar-refractivity contribution in [2.75, 3.05) is 0 Å². The molecule has 1 unspecified atom stereocenters. The van der Waals surface area contributed by atoms with Crippen LogP contribution in [0, 0.1) is 0 Å². The normalized spacial score (nSPS) is 19.0. The van der Waals surface area contributed by atoms with Crippen molar-refractivity contribution in [3.63, 3.8) is 0 Å². The Morgan fingerprint density at radius 2 is 1.88 bits per heavy atom. The topological polar surface area (TPSA) is 37.3 Å². The maximum Gasteiger partial charge on any atom is 0.176 e. The highest BCUT2D eigenvalue weighted by Gasteiger charge is 2.26. The average molecular weight is 242 g/mol. The molecule has 0 saturated carbocycles. The van der Waals surface area contributed by atoms with Crippen LogP contribution in [0.4, 0.5) is 0 Å². The molecular formula is C14H10O2S. The lowest BCUT2D eigenvalue weighted by atomic mass is 9.90. The summed E-state index contributed by atoms with van der Waals surface area (Å²) in [5.41, 5.74) is 1.50. The van der Waals surface area contributed by atoms with Crippen molar-refractivity contribution >= 4 is 34.9 Å². The van der Waals surface area contributed by atoms with Gasteiger partial charge in [0.25, 0.3) is 0 Å². The summed E-state index contributed by atoms with van der Waals surface area (Å²) in [6.07, 6.45) is 1.24. The van der Waals surface area contributed by atoms with Crippen molar-refractivity contribution in [1.82, 2.24) is 0 Å². The number of hydrogen-bond acceptors (Lipinski definition) is 3. The Hall–Kier alpha value is -1.74. The highest BCUT2D eigenvalue weighted by molar-refractivity contribution is 7.81. The summed E-state index contributed by atoms with van der Waals surface area (Å²) in [4.78, 5) is 11.7. The summed E-state index contributed by atoms with van der Waals surface area (Å²) in [5.74, 6) is -0.143. The Balaban J connectivity index is 2.44. The lowest BCUT2D eigenvalue weighted by Gasteiger charge is -2.20. The molecule has 0 saturated heterocycles. The number of benzene rings is 2. The Morgan fingerprint density at radius 3 is 2.71 bits per heavy atom. The molecule has 1 aliphatic rings. The van der Waals surface area contributed by atoms with Gasteiger partial charge in [-0.05, 0) is 16.3 Å². The molecule has 17 heavy (non-hydrogen) atoms. The molecule has 0 heterocycles. The van der Waals surface area contributed by atoms with Gasteiger partial charge < -0.3 is 5.11 Å². The minimum Gasteiger partial charge on any atom is -0.507 e. The second-order valence-electron chi connectivity index (χ2n) is 4.08. The number of rotatable bonds is 0. The molecule has 1 atom stereocenters. The molecule has 0 aliphatic heterocycles. The van der Waals surface area contributed by atoms with Crippen molar-refractivity contribution in [1.29, 1.82) is 0 Å². The standard InChI is InChI=1S/C14H10O2S/c15-11-7-12(16)14(17)13-9-4-2-1-3-8(9)5-6-10(11)13/h1-7,14-15,17H. The number of thiol groups is 1. The first kappa shape index (κ1) is 10.4. The van der Waals surface area contributed by atoms with Crippen LogP contribution < -0.4 is 0 Å². The third kappa shape index (κ3) is 1.46. The van der Waals surface area contributed by atoms with E-state index in [1.54, 1.807) is 0 Å². The second kappa shape index (κ2) is 3.64. The number of allylic oxidation sites excluding steroid dienone is 1. The molecule has 0 spiro atoms. The highest BCUT2D eigenvalue weighted by Crippen LogP contribution is 2.38. The predicted octanol–water partition coefficient (Wildman–Crippen LogP) is 3.29. The molecule has 0 radical (unpaired) electrons. The first-order valence-electron chi connectivity index (χ1n) is 5.33. The van der Waals surface area contributed by atoms with Gasteiger partial charge in [0.2, 0.25) is 0 Å². The van der Waals surface area contributed by atoms with E-state index < -0.39 is 5.25 Å². The van der Waals surface area contributed by atoms with Crippen LogP contribution in [0.25, 0.3) is 16.5 Å². The zero-order chi connectivity index (χ0) is 12.0. The molecule has 0 bridgehead atoms. The molecule has 3 rings (SSSR count). The van der Waals surface area contributed by atoms with Gasteiger partial charge in [0.15, 0.2) is 5.78 Å². The lowest BCUT2D eigenvalue weighted by molar-refractivity contribution is -0.114. The molecule has 2 nitrogen and oxygen atoms in total. The number of aliphatic hydroxyl groups excluding tert-OH is 1. The molecule has 2 aromatic rings. The van der Waals surface area contributed by atoms with Gasteiger partial charge in [-0.1, -0.05) is 36.4 Å². The molecule has 3 heteroatoms. The van der Waals surface area contributed by atoms with Gasteiger partial charge in [-0.15, -0.1) is 0 Å². The van der Waals surface area contributed by atoms with E-state index in [4.69, 9.17) is 0 Å². The van der Waals surface area contributed by atoms with Crippen LogP contribution in [0.2, 0.25) is 0 Å². The molecule has 0 aromatic heterocycles. The average Bonchev–Trinajstić information content (AvgIpc) is 2.35. The molecule has 2 aromatic carbocycles. The molecular weight excluding hydrogens is 232 g/mol. The number of carbonyl (C=O) groups is 1. The van der Waals surface area contributed by atoms with Gasteiger partial charge in [0.1, 0.15) is 5.76 Å². The molecule has 0 amide bonds. The fourth-order valence-corrected chi connectivity index (χ4v) is 2.60. The van der Waals surface area contributed by atoms with Gasteiger partial charge >= 0.3 is 0 Å². The number of fused-ring (bicyclic) bond motifs is 3. The van der Waals surface area contributed by atoms with Crippen molar-refractivity contribution in [3.05, 3.63) is 53.6 Å². The molecule has 1 aliphatic carbocycles. The summed E-state index contributed by atoms with van der Waals surface area (Å²) in [5, 5.41) is 11.3. The monoisotopic (exact) mass is 242 g/mol. The van der Waals surface area contributed by atoms with E-state index in [1.165, 1.54) is 6.08 Å². The summed E-state index contributed by atoms with van der Waals surface area (Å²) in [6.45, 7) is 0. The van der Waals surface area contributed by atoms with Gasteiger partial charge in [-0.2, -0.15) is 12.6 Å². The van der Waals surface area contributed by atoms with Crippen LogP contribution >= 0.6 is 12.6 Å². The number of ketones is 1. The fourth-order valence-electron chi connectivity index (χ4n) is 2.25. The Labute approximate surface area is 104 Å². The molecule has 0 fully saturated rings. The predicted molar refractivity (Wildman–Crippen MR) is 71.3 cm³/mol. The lowest BCUT2D eigenvalue weighted by Crippen LogP contribution is -2.13. The Kier molecular flexibility index (Phi) is 2.23. The van der Waals surface area contributed by atoms with Crippen LogP contribution in [0.5, 0.6) is 0 Å². The van der Waals surface area contributed by atoms with Gasteiger partial charge in [0, 0.05) is 11.6 Å². The number of carbonyl (C=O) groups excluding carboxylic acids is 1. The summed E-state index contributed by atoms with van der Waals surface area (Å²) < 4.78 is 0. The minimum atomic E-state index is -0.494. The number of aliphatic hydroxyl groups is 1. The first-order valence-corrected chi connectivity index (χ1v) is 5.85. The summed E-state index contributed by atoms with van der Waals surface area (Å²) >= 11 is 4.35. The van der Waals surface area contributed by atoms with Crippen molar-refractivity contribution in [3.8, 4) is 0 Å². The number of hydrogen-bond donors (Lipinski definition) is 2. The SMILES string of the molecule is O=C1C=C(O)c2ccc3ccccc3c2C1S. The maximum absolute atomic E-state index is 11.7. The van der Waals surface area contributed by atoms with Crippen LogP contribution in [0.3, 0.4) is 0 Å². The van der Waals surface area contributed by atoms with Crippen LogP contribution in [0.1, 0.15) is 16.4 Å². The van der Waals surface area contributed by atoms with E-state index in [2.05, 4.69) is 12.6 Å². The van der Waals surface area contributed by atoms with E-state index in [1.807, 2.05) is 36.4 Å². The zero-order valence-corrected chi connectivity index (χ0v) is 9.82. The summed E-state index contributed by atoms with van der Waals surface area (Å²) in [7, 11) is 0. The van der Waals surface area contributed by atoms with E-state index >= 15 is 0 Å². The van der Waals surface area contributed by atoms with Crippen LogP contribution in [-0.4, -0.2) is 10.9 Å². The maximum atomic E-state index is 11.7. The van der Waals surface area contributed by atoms with Gasteiger partial charge in [0.05, 0.1) is 5.25 Å². The van der Waals surface area contributed by atoms with E-state index in [0.717, 1.165) is 16.3 Å². The van der Waals surface area contributed by atoms with Crippen molar-refractivity contribution in [2.24, 2.45) is 0 Å². The van der Waals surface area contributed by atoms with E-state index in [-0.39, 0.29) is 11.5 Å². The largest absolute Gasteiger partial charge is 0.507 e.